The molecule has 1 atom stereocenters. The number of aliphatic hydroxyl groups excluding tert-OH is 1. The van der Waals surface area contributed by atoms with Crippen molar-refractivity contribution in [2.24, 2.45) is 0 Å². The van der Waals surface area contributed by atoms with Gasteiger partial charge in [-0.25, -0.2) is 0 Å². The van der Waals surface area contributed by atoms with E-state index in [1.165, 1.54) is 0 Å². The summed E-state index contributed by atoms with van der Waals surface area (Å²) in [6.45, 7) is 0.878. The van der Waals surface area contributed by atoms with Gasteiger partial charge in [0.2, 0.25) is 0 Å². The zero-order chi connectivity index (χ0) is 9.97. The Bertz CT molecular complexity index is 327. The summed E-state index contributed by atoms with van der Waals surface area (Å²) < 4.78 is 11.7. The lowest BCUT2D eigenvalue weighted by Crippen LogP contribution is -2.18. The molecule has 0 radical (unpaired) electrons. The largest absolute Gasteiger partial charge is 0.391 e. The minimum Gasteiger partial charge on any atom is -0.391 e. The predicted octanol–water partition coefficient (Wildman–Crippen LogP) is 1.81. The van der Waals surface area contributed by atoms with Gasteiger partial charge in [-0.2, -0.15) is 0 Å². The third-order valence-electron chi connectivity index (χ3n) is 2.17. The van der Waals surface area contributed by atoms with Gasteiger partial charge in [0, 0.05) is 4.47 Å². The molecule has 1 aromatic carbocycles. The first-order valence-electron chi connectivity index (χ1n) is 4.41. The van der Waals surface area contributed by atoms with Crippen molar-refractivity contribution >= 4 is 15.9 Å². The van der Waals surface area contributed by atoms with Crippen LogP contribution in [0.4, 0.5) is 0 Å². The number of aliphatic hydroxyl groups is 1. The fourth-order valence-electron chi connectivity index (χ4n) is 1.39. The van der Waals surface area contributed by atoms with E-state index in [-0.39, 0.29) is 6.61 Å². The van der Waals surface area contributed by atoms with E-state index < -0.39 is 6.29 Å². The van der Waals surface area contributed by atoms with Gasteiger partial charge >= 0.3 is 0 Å². The molecular weight excluding hydrogens is 248 g/mol. The van der Waals surface area contributed by atoms with Crippen LogP contribution < -0.4 is 0 Å². The van der Waals surface area contributed by atoms with E-state index in [1.54, 1.807) is 0 Å². The normalized spacial score (nSPS) is 21.4. The van der Waals surface area contributed by atoms with Crippen molar-refractivity contribution in [1.82, 2.24) is 0 Å². The Morgan fingerprint density at radius 1 is 1.29 bits per heavy atom. The topological polar surface area (TPSA) is 38.7 Å². The molecule has 4 heteroatoms. The van der Waals surface area contributed by atoms with Crippen molar-refractivity contribution in [3.63, 3.8) is 0 Å². The van der Waals surface area contributed by atoms with Gasteiger partial charge in [-0.3, -0.25) is 0 Å². The zero-order valence-electron chi connectivity index (χ0n) is 7.57. The van der Waals surface area contributed by atoms with Gasteiger partial charge in [0.05, 0.1) is 19.8 Å². The molecule has 0 spiro atoms. The molecule has 76 valence electrons. The van der Waals surface area contributed by atoms with Crippen LogP contribution in [0.2, 0.25) is 0 Å². The molecule has 1 aliphatic rings. The Morgan fingerprint density at radius 3 is 2.71 bits per heavy atom. The molecule has 1 unspecified atom stereocenters. The van der Waals surface area contributed by atoms with Crippen LogP contribution >= 0.6 is 15.9 Å². The van der Waals surface area contributed by atoms with E-state index in [4.69, 9.17) is 14.6 Å². The Labute approximate surface area is 90.8 Å². The fraction of sp³-hybridized carbons (Fsp3) is 0.400. The molecule has 0 amide bonds. The van der Waals surface area contributed by atoms with Crippen LogP contribution in [0.3, 0.4) is 0 Å². The lowest BCUT2D eigenvalue weighted by atomic mass is 10.1. The Kier molecular flexibility index (Phi) is 3.18. The predicted molar refractivity (Wildman–Crippen MR) is 54.6 cm³/mol. The summed E-state index contributed by atoms with van der Waals surface area (Å²) in [7, 11) is 0. The van der Waals surface area contributed by atoms with E-state index in [2.05, 4.69) is 15.9 Å². The number of fused-ring (bicyclic) bond motifs is 1. The van der Waals surface area contributed by atoms with E-state index in [0.29, 0.717) is 13.2 Å². The number of hydrogen-bond donors (Lipinski definition) is 1. The SMILES string of the molecule is OCC1OCc2ccc(Br)cc2CO1. The van der Waals surface area contributed by atoms with E-state index >= 15 is 0 Å². The van der Waals surface area contributed by atoms with Crippen molar-refractivity contribution in [2.45, 2.75) is 19.5 Å². The first-order valence-corrected chi connectivity index (χ1v) is 5.20. The second-order valence-electron chi connectivity index (χ2n) is 3.15. The summed E-state index contributed by atoms with van der Waals surface area (Å²) in [5.41, 5.74) is 2.22. The third-order valence-corrected chi connectivity index (χ3v) is 2.66. The molecule has 3 nitrogen and oxygen atoms in total. The summed E-state index contributed by atoms with van der Waals surface area (Å²) >= 11 is 3.40. The average molecular weight is 259 g/mol. The highest BCUT2D eigenvalue weighted by atomic mass is 79.9. The fourth-order valence-corrected chi connectivity index (χ4v) is 1.80. The van der Waals surface area contributed by atoms with Gasteiger partial charge in [-0.05, 0) is 23.3 Å². The maximum Gasteiger partial charge on any atom is 0.181 e. The number of hydrogen-bond acceptors (Lipinski definition) is 3. The molecule has 2 rings (SSSR count). The van der Waals surface area contributed by atoms with Crippen LogP contribution in [-0.2, 0) is 22.7 Å². The maximum atomic E-state index is 8.89. The summed E-state index contributed by atoms with van der Waals surface area (Å²) in [5, 5.41) is 8.89. The van der Waals surface area contributed by atoms with Crippen LogP contribution in [0.25, 0.3) is 0 Å². The van der Waals surface area contributed by atoms with Crippen LogP contribution in [0.15, 0.2) is 22.7 Å². The third kappa shape index (κ3) is 2.15. The standard InChI is InChI=1S/C10H11BrO3/c11-9-2-1-7-5-13-10(4-12)14-6-8(7)3-9/h1-3,10,12H,4-6H2. The monoisotopic (exact) mass is 258 g/mol. The maximum absolute atomic E-state index is 8.89. The van der Waals surface area contributed by atoms with Crippen molar-refractivity contribution in [1.29, 1.82) is 0 Å². The molecule has 0 saturated carbocycles. The molecule has 1 N–H and O–H groups in total. The number of halogens is 1. The highest BCUT2D eigenvalue weighted by Crippen LogP contribution is 2.22. The minimum absolute atomic E-state index is 0.102. The van der Waals surface area contributed by atoms with Gasteiger partial charge in [-0.1, -0.05) is 22.0 Å². The number of rotatable bonds is 1. The first kappa shape index (κ1) is 10.1. The number of ether oxygens (including phenoxy) is 2. The van der Waals surface area contributed by atoms with Crippen LogP contribution in [0, 0.1) is 0 Å². The van der Waals surface area contributed by atoms with Crippen molar-refractivity contribution < 1.29 is 14.6 Å². The molecule has 0 saturated heterocycles. The molecule has 0 bridgehead atoms. The highest BCUT2D eigenvalue weighted by Gasteiger charge is 2.15. The lowest BCUT2D eigenvalue weighted by Gasteiger charge is -2.10. The summed E-state index contributed by atoms with van der Waals surface area (Å²) in [6, 6.07) is 5.99. The van der Waals surface area contributed by atoms with E-state index in [1.807, 2.05) is 18.2 Å². The Balaban J connectivity index is 2.21. The highest BCUT2D eigenvalue weighted by molar-refractivity contribution is 9.10. The second kappa shape index (κ2) is 4.40. The molecular formula is C10H11BrO3. The van der Waals surface area contributed by atoms with Gasteiger partial charge in [0.1, 0.15) is 0 Å². The van der Waals surface area contributed by atoms with Gasteiger partial charge in [-0.15, -0.1) is 0 Å². The van der Waals surface area contributed by atoms with Crippen molar-refractivity contribution in [3.05, 3.63) is 33.8 Å². The molecule has 0 fully saturated rings. The molecule has 1 aromatic rings. The lowest BCUT2D eigenvalue weighted by molar-refractivity contribution is -0.168. The van der Waals surface area contributed by atoms with Crippen molar-refractivity contribution in [2.75, 3.05) is 6.61 Å². The number of benzene rings is 1. The van der Waals surface area contributed by atoms with Gasteiger partial charge < -0.3 is 14.6 Å². The molecule has 0 aliphatic carbocycles. The van der Waals surface area contributed by atoms with Crippen LogP contribution in [0.5, 0.6) is 0 Å². The minimum atomic E-state index is -0.499. The van der Waals surface area contributed by atoms with Crippen LogP contribution in [-0.4, -0.2) is 18.0 Å². The molecule has 1 aliphatic heterocycles. The second-order valence-corrected chi connectivity index (χ2v) is 4.06. The first-order chi connectivity index (χ1) is 6.79. The van der Waals surface area contributed by atoms with Crippen LogP contribution in [0.1, 0.15) is 11.1 Å². The van der Waals surface area contributed by atoms with Gasteiger partial charge in [0.15, 0.2) is 6.29 Å². The van der Waals surface area contributed by atoms with E-state index in [0.717, 1.165) is 15.6 Å². The Hall–Kier alpha value is -0.420. The summed E-state index contributed by atoms with van der Waals surface area (Å²) in [5.74, 6) is 0. The molecule has 14 heavy (non-hydrogen) atoms. The summed E-state index contributed by atoms with van der Waals surface area (Å²) in [6.07, 6.45) is -0.499. The van der Waals surface area contributed by atoms with E-state index in [9.17, 15) is 0 Å². The Morgan fingerprint density at radius 2 is 2.00 bits per heavy atom. The summed E-state index contributed by atoms with van der Waals surface area (Å²) in [4.78, 5) is 0. The quantitative estimate of drug-likeness (QED) is 0.836. The molecule has 1 heterocycles. The van der Waals surface area contributed by atoms with Crippen molar-refractivity contribution in [3.8, 4) is 0 Å². The smallest absolute Gasteiger partial charge is 0.181 e. The average Bonchev–Trinajstić information content (AvgIpc) is 2.39. The van der Waals surface area contributed by atoms with Gasteiger partial charge in [0.25, 0.3) is 0 Å². The zero-order valence-corrected chi connectivity index (χ0v) is 9.16. The molecule has 0 aromatic heterocycles.